The normalized spacial score (nSPS) is 13.5. The number of aryl methyl sites for hydroxylation is 1. The molecular formula is C15H21NO5. The molecule has 0 aromatic heterocycles. The minimum absolute atomic E-state index is 0.152. The lowest BCUT2D eigenvalue weighted by Crippen LogP contribution is -2.42. The summed E-state index contributed by atoms with van der Waals surface area (Å²) >= 11 is 0. The molecule has 6 heteroatoms. The number of hydrogen-bond donors (Lipinski definition) is 3. The molecule has 2 unspecified atom stereocenters. The van der Waals surface area contributed by atoms with Gasteiger partial charge in [-0.25, -0.2) is 0 Å². The highest BCUT2D eigenvalue weighted by Gasteiger charge is 2.24. The highest BCUT2D eigenvalue weighted by molar-refractivity contribution is 6.02. The Bertz CT molecular complexity index is 513. The minimum Gasteiger partial charge on any atom is -0.497 e. The molecule has 3 N–H and O–H groups in total. The molecule has 0 saturated heterocycles. The van der Waals surface area contributed by atoms with E-state index in [1.807, 2.05) is 0 Å². The average molecular weight is 295 g/mol. The van der Waals surface area contributed by atoms with Crippen molar-refractivity contribution < 1.29 is 24.5 Å². The van der Waals surface area contributed by atoms with E-state index >= 15 is 0 Å². The summed E-state index contributed by atoms with van der Waals surface area (Å²) in [5.74, 6) is -0.744. The number of ketones is 1. The fourth-order valence-electron chi connectivity index (χ4n) is 1.97. The Morgan fingerprint density at radius 3 is 2.52 bits per heavy atom. The van der Waals surface area contributed by atoms with Gasteiger partial charge in [-0.3, -0.25) is 9.59 Å². The molecule has 2 atom stereocenters. The quantitative estimate of drug-likeness (QED) is 0.619. The van der Waals surface area contributed by atoms with Crippen LogP contribution in [-0.2, 0) is 4.79 Å². The first-order valence-corrected chi connectivity index (χ1v) is 6.67. The molecule has 0 amide bonds. The zero-order valence-corrected chi connectivity index (χ0v) is 12.4. The molecule has 1 rings (SSSR count). The number of carbonyl (C=O) groups excluding carboxylic acids is 1. The summed E-state index contributed by atoms with van der Waals surface area (Å²) in [6.45, 7) is 3.48. The Morgan fingerprint density at radius 1 is 1.38 bits per heavy atom. The van der Waals surface area contributed by atoms with Crippen LogP contribution in [0.5, 0.6) is 5.75 Å². The van der Waals surface area contributed by atoms with Crippen molar-refractivity contribution in [1.82, 2.24) is 5.32 Å². The van der Waals surface area contributed by atoms with Gasteiger partial charge in [0, 0.05) is 12.1 Å². The SMILES string of the molecule is COc1ccc(C(=O)C(CC(=O)O)NCC(C)O)c(C)c1. The van der Waals surface area contributed by atoms with E-state index in [0.29, 0.717) is 16.9 Å². The van der Waals surface area contributed by atoms with Crippen molar-refractivity contribution in [3.63, 3.8) is 0 Å². The first-order chi connectivity index (χ1) is 9.85. The average Bonchev–Trinajstić information content (AvgIpc) is 2.42. The van der Waals surface area contributed by atoms with Gasteiger partial charge in [0.2, 0.25) is 0 Å². The Hall–Kier alpha value is -1.92. The van der Waals surface area contributed by atoms with Crippen LogP contribution in [0.25, 0.3) is 0 Å². The van der Waals surface area contributed by atoms with Gasteiger partial charge >= 0.3 is 5.97 Å². The van der Waals surface area contributed by atoms with Crippen LogP contribution in [0, 0.1) is 6.92 Å². The monoisotopic (exact) mass is 295 g/mol. The molecule has 0 aliphatic carbocycles. The van der Waals surface area contributed by atoms with Crippen molar-refractivity contribution in [2.45, 2.75) is 32.4 Å². The van der Waals surface area contributed by atoms with Crippen LogP contribution >= 0.6 is 0 Å². The second kappa shape index (κ2) is 7.75. The highest BCUT2D eigenvalue weighted by atomic mass is 16.5. The maximum atomic E-state index is 12.5. The van der Waals surface area contributed by atoms with Gasteiger partial charge in [-0.15, -0.1) is 0 Å². The smallest absolute Gasteiger partial charge is 0.305 e. The molecule has 0 bridgehead atoms. The number of aliphatic carboxylic acids is 1. The van der Waals surface area contributed by atoms with Crippen molar-refractivity contribution in [1.29, 1.82) is 0 Å². The van der Waals surface area contributed by atoms with Gasteiger partial charge in [-0.2, -0.15) is 0 Å². The third-order valence-electron chi connectivity index (χ3n) is 3.05. The number of Topliss-reactive ketones (excluding diaryl/α,β-unsaturated/α-hetero) is 1. The Kier molecular flexibility index (Phi) is 6.33. The van der Waals surface area contributed by atoms with Gasteiger partial charge in [0.05, 0.1) is 25.7 Å². The van der Waals surface area contributed by atoms with Gasteiger partial charge in [-0.1, -0.05) is 0 Å². The zero-order chi connectivity index (χ0) is 16.0. The number of carboxylic acid groups (broad SMARTS) is 1. The van der Waals surface area contributed by atoms with Crippen LogP contribution in [0.3, 0.4) is 0 Å². The molecule has 0 radical (unpaired) electrons. The third-order valence-corrected chi connectivity index (χ3v) is 3.05. The molecule has 0 heterocycles. The zero-order valence-electron chi connectivity index (χ0n) is 12.4. The van der Waals surface area contributed by atoms with Crippen LogP contribution in [0.4, 0.5) is 0 Å². The molecule has 21 heavy (non-hydrogen) atoms. The van der Waals surface area contributed by atoms with E-state index in [2.05, 4.69) is 5.32 Å². The number of aliphatic hydroxyl groups is 1. The Labute approximate surface area is 123 Å². The Morgan fingerprint density at radius 2 is 2.05 bits per heavy atom. The van der Waals surface area contributed by atoms with E-state index in [1.165, 1.54) is 7.11 Å². The van der Waals surface area contributed by atoms with Gasteiger partial charge in [0.15, 0.2) is 5.78 Å². The number of carboxylic acids is 1. The van der Waals surface area contributed by atoms with Crippen molar-refractivity contribution in [3.8, 4) is 5.75 Å². The lowest BCUT2D eigenvalue weighted by atomic mass is 9.97. The lowest BCUT2D eigenvalue weighted by molar-refractivity contribution is -0.137. The topological polar surface area (TPSA) is 95.9 Å². The van der Waals surface area contributed by atoms with E-state index in [-0.39, 0.29) is 18.7 Å². The molecule has 6 nitrogen and oxygen atoms in total. The maximum absolute atomic E-state index is 12.5. The summed E-state index contributed by atoms with van der Waals surface area (Å²) < 4.78 is 5.08. The molecular weight excluding hydrogens is 274 g/mol. The first kappa shape index (κ1) is 17.1. The van der Waals surface area contributed by atoms with Crippen LogP contribution in [-0.4, -0.2) is 47.8 Å². The molecule has 0 aliphatic rings. The second-order valence-corrected chi connectivity index (χ2v) is 4.95. The number of rotatable bonds is 8. The number of ether oxygens (including phenoxy) is 1. The predicted octanol–water partition coefficient (Wildman–Crippen LogP) is 1.00. The number of carbonyl (C=O) groups is 2. The van der Waals surface area contributed by atoms with Gasteiger partial charge in [-0.05, 0) is 37.6 Å². The molecule has 1 aromatic rings. The lowest BCUT2D eigenvalue weighted by Gasteiger charge is -2.18. The van der Waals surface area contributed by atoms with Gasteiger partial charge in [0.25, 0.3) is 0 Å². The molecule has 0 aliphatic heterocycles. The third kappa shape index (κ3) is 5.17. The molecule has 0 fully saturated rings. The minimum atomic E-state index is -1.07. The summed E-state index contributed by atoms with van der Waals surface area (Å²) in [6, 6.07) is 4.13. The van der Waals surface area contributed by atoms with E-state index in [4.69, 9.17) is 9.84 Å². The van der Waals surface area contributed by atoms with E-state index in [9.17, 15) is 14.7 Å². The highest BCUT2D eigenvalue weighted by Crippen LogP contribution is 2.19. The second-order valence-electron chi connectivity index (χ2n) is 4.95. The van der Waals surface area contributed by atoms with Crippen molar-refractivity contribution in [2.24, 2.45) is 0 Å². The molecule has 0 spiro atoms. The number of hydrogen-bond acceptors (Lipinski definition) is 5. The van der Waals surface area contributed by atoms with Gasteiger partial charge < -0.3 is 20.3 Å². The number of nitrogens with one attached hydrogen (secondary N) is 1. The van der Waals surface area contributed by atoms with Crippen LogP contribution in [0.1, 0.15) is 29.3 Å². The van der Waals surface area contributed by atoms with Crippen LogP contribution < -0.4 is 10.1 Å². The molecule has 1 aromatic carbocycles. The largest absolute Gasteiger partial charge is 0.497 e. The first-order valence-electron chi connectivity index (χ1n) is 6.67. The summed E-state index contributed by atoms with van der Waals surface area (Å²) in [6.07, 6.45) is -0.997. The standard InChI is InChI=1S/C15H21NO5/c1-9-6-11(21-3)4-5-12(9)15(20)13(7-14(18)19)16-8-10(2)17/h4-6,10,13,16-17H,7-8H2,1-3H3,(H,18,19). The molecule has 0 saturated carbocycles. The number of benzene rings is 1. The van der Waals surface area contributed by atoms with Gasteiger partial charge in [0.1, 0.15) is 5.75 Å². The van der Waals surface area contributed by atoms with Crippen molar-refractivity contribution in [2.75, 3.05) is 13.7 Å². The summed E-state index contributed by atoms with van der Waals surface area (Å²) in [5.41, 5.74) is 1.16. The maximum Gasteiger partial charge on any atom is 0.305 e. The van der Waals surface area contributed by atoms with E-state index in [1.54, 1.807) is 32.0 Å². The summed E-state index contributed by atoms with van der Waals surface area (Å²) in [5, 5.41) is 21.0. The van der Waals surface area contributed by atoms with E-state index in [0.717, 1.165) is 0 Å². The van der Waals surface area contributed by atoms with Crippen molar-refractivity contribution >= 4 is 11.8 Å². The van der Waals surface area contributed by atoms with Crippen molar-refractivity contribution in [3.05, 3.63) is 29.3 Å². The fourth-order valence-corrected chi connectivity index (χ4v) is 1.97. The fraction of sp³-hybridized carbons (Fsp3) is 0.467. The summed E-state index contributed by atoms with van der Waals surface area (Å²) in [4.78, 5) is 23.4. The Balaban J connectivity index is 2.95. The molecule has 116 valence electrons. The van der Waals surface area contributed by atoms with Crippen LogP contribution in [0.15, 0.2) is 18.2 Å². The number of aliphatic hydroxyl groups excluding tert-OH is 1. The van der Waals surface area contributed by atoms with Crippen LogP contribution in [0.2, 0.25) is 0 Å². The predicted molar refractivity (Wildman–Crippen MR) is 77.8 cm³/mol. The van der Waals surface area contributed by atoms with E-state index < -0.39 is 18.1 Å². The summed E-state index contributed by atoms with van der Waals surface area (Å²) in [7, 11) is 1.54. The number of methoxy groups -OCH3 is 1.